The Morgan fingerprint density at radius 3 is 2.95 bits per heavy atom. The highest BCUT2D eigenvalue weighted by atomic mass is 19.1. The van der Waals surface area contributed by atoms with Gasteiger partial charge < -0.3 is 9.53 Å². The van der Waals surface area contributed by atoms with Crippen molar-refractivity contribution in [1.29, 1.82) is 0 Å². The predicted molar refractivity (Wildman–Crippen MR) is 69.3 cm³/mol. The summed E-state index contributed by atoms with van der Waals surface area (Å²) in [5, 5.41) is 0. The minimum Gasteiger partial charge on any atom is -0.444 e. The zero-order valence-electron chi connectivity index (χ0n) is 10.6. The van der Waals surface area contributed by atoms with Gasteiger partial charge in [-0.15, -0.1) is 0 Å². The Labute approximate surface area is 111 Å². The minimum absolute atomic E-state index is 0.0319. The number of ether oxygens (including phenoxy) is 1. The second-order valence-electron chi connectivity index (χ2n) is 4.56. The topological polar surface area (TPSA) is 46.6 Å². The molecule has 0 saturated carbocycles. The zero-order chi connectivity index (χ0) is 14.0. The molecule has 1 aliphatic heterocycles. The van der Waals surface area contributed by atoms with Crippen LogP contribution in [0.1, 0.15) is 19.8 Å². The number of cyclic esters (lactones) is 1. The van der Waals surface area contributed by atoms with Crippen LogP contribution in [0.3, 0.4) is 0 Å². The third kappa shape index (κ3) is 3.13. The summed E-state index contributed by atoms with van der Waals surface area (Å²) in [6, 6.07) is 4.16. The normalized spacial score (nSPS) is 18.5. The van der Waals surface area contributed by atoms with Crippen molar-refractivity contribution in [1.82, 2.24) is 0 Å². The van der Waals surface area contributed by atoms with Crippen LogP contribution in [0.2, 0.25) is 0 Å². The third-order valence-electron chi connectivity index (χ3n) is 2.99. The van der Waals surface area contributed by atoms with Gasteiger partial charge in [-0.2, -0.15) is 0 Å². The average Bonchev–Trinajstić information content (AvgIpc) is 2.72. The van der Waals surface area contributed by atoms with Crippen LogP contribution < -0.4 is 10.4 Å². The van der Waals surface area contributed by atoms with Crippen molar-refractivity contribution in [2.24, 2.45) is 0 Å². The van der Waals surface area contributed by atoms with Gasteiger partial charge in [-0.1, -0.05) is 11.5 Å². The van der Waals surface area contributed by atoms with E-state index in [1.165, 1.54) is 24.0 Å². The van der Waals surface area contributed by atoms with Crippen LogP contribution in [-0.4, -0.2) is 32.4 Å². The number of ketones is 1. The average molecular weight is 261 g/mol. The maximum atomic E-state index is 13.4. The summed E-state index contributed by atoms with van der Waals surface area (Å²) >= 11 is 0. The zero-order valence-corrected chi connectivity index (χ0v) is 10.6. The van der Waals surface area contributed by atoms with E-state index in [0.717, 1.165) is 0 Å². The van der Waals surface area contributed by atoms with Crippen LogP contribution >= 0.6 is 0 Å². The van der Waals surface area contributed by atoms with Crippen LogP contribution in [0, 0.1) is 5.82 Å². The number of hydrogen-bond acceptors (Lipinski definition) is 3. The highest BCUT2D eigenvalue weighted by Gasteiger charge is 2.32. The van der Waals surface area contributed by atoms with Crippen molar-refractivity contribution in [2.75, 3.05) is 11.4 Å². The first kappa shape index (κ1) is 13.6. The van der Waals surface area contributed by atoms with E-state index >= 15 is 0 Å². The van der Waals surface area contributed by atoms with Crippen molar-refractivity contribution in [2.45, 2.75) is 25.9 Å². The van der Waals surface area contributed by atoms with E-state index in [2.05, 4.69) is 0 Å². The smallest absolute Gasteiger partial charge is 0.414 e. The van der Waals surface area contributed by atoms with Gasteiger partial charge in [0.15, 0.2) is 0 Å². The lowest BCUT2D eigenvalue weighted by Gasteiger charge is -2.13. The van der Waals surface area contributed by atoms with Crippen molar-refractivity contribution < 1.29 is 18.7 Å². The molecular weight excluding hydrogens is 248 g/mol. The summed E-state index contributed by atoms with van der Waals surface area (Å²) < 4.78 is 18.5. The number of rotatable bonds is 4. The van der Waals surface area contributed by atoms with Gasteiger partial charge in [-0.3, -0.25) is 4.90 Å². The fourth-order valence-corrected chi connectivity index (χ4v) is 1.93. The number of hydrogen-bond donors (Lipinski definition) is 0. The van der Waals surface area contributed by atoms with Gasteiger partial charge in [0.2, 0.25) is 0 Å². The fraction of sp³-hybridized carbons (Fsp3) is 0.385. The first-order chi connectivity index (χ1) is 8.97. The lowest BCUT2D eigenvalue weighted by Crippen LogP contribution is -2.25. The first-order valence-corrected chi connectivity index (χ1v) is 6.00. The Bertz CT molecular complexity index is 521. The molecule has 19 heavy (non-hydrogen) atoms. The Morgan fingerprint density at radius 1 is 1.58 bits per heavy atom. The quantitative estimate of drug-likeness (QED) is 0.768. The SMILES string of the molecule is [B]c1ccc(N2C[C@H](CCC(C)=O)OC2=O)cc1F. The molecule has 1 saturated heterocycles. The van der Waals surface area contributed by atoms with Gasteiger partial charge in [0, 0.05) is 6.42 Å². The number of nitrogens with zero attached hydrogens (tertiary/aromatic N) is 1. The lowest BCUT2D eigenvalue weighted by molar-refractivity contribution is -0.117. The summed E-state index contributed by atoms with van der Waals surface area (Å²) in [5.41, 5.74) is 0.437. The third-order valence-corrected chi connectivity index (χ3v) is 2.99. The van der Waals surface area contributed by atoms with Gasteiger partial charge in [-0.05, 0) is 25.5 Å². The molecule has 0 aromatic heterocycles. The molecule has 6 heteroatoms. The highest BCUT2D eigenvalue weighted by molar-refractivity contribution is 6.32. The van der Waals surface area contributed by atoms with E-state index in [9.17, 15) is 14.0 Å². The molecule has 1 heterocycles. The van der Waals surface area contributed by atoms with Gasteiger partial charge >= 0.3 is 6.09 Å². The first-order valence-electron chi connectivity index (χ1n) is 6.00. The van der Waals surface area contributed by atoms with Crippen LogP contribution in [0.15, 0.2) is 18.2 Å². The monoisotopic (exact) mass is 261 g/mol. The predicted octanol–water partition coefficient (Wildman–Crippen LogP) is 1.31. The van der Waals surface area contributed by atoms with Gasteiger partial charge in [0.05, 0.1) is 12.2 Å². The van der Waals surface area contributed by atoms with E-state index in [-0.39, 0.29) is 17.4 Å². The van der Waals surface area contributed by atoms with E-state index in [4.69, 9.17) is 12.6 Å². The number of anilines is 1. The molecule has 0 unspecified atom stereocenters. The van der Waals surface area contributed by atoms with Crippen molar-refractivity contribution >= 4 is 30.9 Å². The Morgan fingerprint density at radius 2 is 2.32 bits per heavy atom. The molecule has 2 rings (SSSR count). The standard InChI is InChI=1S/C13H13BFNO3/c1-8(17)2-4-10-7-16(13(18)19-10)9-3-5-11(14)12(15)6-9/h3,5-6,10H,2,4,7H2,1H3/t10-/m0/s1. The number of halogens is 1. The van der Waals surface area contributed by atoms with Gasteiger partial charge in [0.1, 0.15) is 25.6 Å². The van der Waals surface area contributed by atoms with Crippen molar-refractivity contribution in [3.63, 3.8) is 0 Å². The molecule has 2 radical (unpaired) electrons. The van der Waals surface area contributed by atoms with Crippen LogP contribution in [0.5, 0.6) is 0 Å². The summed E-state index contributed by atoms with van der Waals surface area (Å²) in [7, 11) is 5.38. The summed E-state index contributed by atoms with van der Waals surface area (Å²) in [5.74, 6) is -0.523. The summed E-state index contributed by atoms with van der Waals surface area (Å²) in [6.07, 6.45) is -0.0218. The largest absolute Gasteiger partial charge is 0.444 e. The Hall–Kier alpha value is -1.85. The molecule has 1 aromatic rings. The van der Waals surface area contributed by atoms with E-state index in [1.807, 2.05) is 0 Å². The van der Waals surface area contributed by atoms with E-state index < -0.39 is 11.9 Å². The second kappa shape index (κ2) is 5.42. The molecule has 98 valence electrons. The molecule has 1 aliphatic rings. The number of amides is 1. The molecule has 1 amide bonds. The van der Waals surface area contributed by atoms with Crippen molar-refractivity contribution in [3.8, 4) is 0 Å². The van der Waals surface area contributed by atoms with E-state index in [0.29, 0.717) is 25.1 Å². The number of carbonyl (C=O) groups excluding carboxylic acids is 2. The molecule has 0 aliphatic carbocycles. The van der Waals surface area contributed by atoms with Crippen LogP contribution in [0.25, 0.3) is 0 Å². The number of carbonyl (C=O) groups is 2. The van der Waals surface area contributed by atoms with Crippen LogP contribution in [0.4, 0.5) is 14.9 Å². The fourth-order valence-electron chi connectivity index (χ4n) is 1.93. The number of benzene rings is 1. The second-order valence-corrected chi connectivity index (χ2v) is 4.56. The Balaban J connectivity index is 2.07. The maximum Gasteiger partial charge on any atom is 0.414 e. The molecule has 1 fully saturated rings. The molecular formula is C13H13BFNO3. The number of Topliss-reactive ketones (excluding diaryl/α,β-unsaturated/α-hetero) is 1. The summed E-state index contributed by atoms with van der Waals surface area (Å²) in [4.78, 5) is 23.9. The molecule has 0 bridgehead atoms. The van der Waals surface area contributed by atoms with Gasteiger partial charge in [-0.25, -0.2) is 9.18 Å². The molecule has 1 atom stereocenters. The Kier molecular flexibility index (Phi) is 3.88. The molecule has 4 nitrogen and oxygen atoms in total. The minimum atomic E-state index is -0.572. The van der Waals surface area contributed by atoms with Crippen LogP contribution in [-0.2, 0) is 9.53 Å². The maximum absolute atomic E-state index is 13.4. The van der Waals surface area contributed by atoms with E-state index in [1.54, 1.807) is 6.07 Å². The molecule has 0 N–H and O–H groups in total. The summed E-state index contributed by atoms with van der Waals surface area (Å²) in [6.45, 7) is 1.80. The van der Waals surface area contributed by atoms with Crippen molar-refractivity contribution in [3.05, 3.63) is 24.0 Å². The molecule has 0 spiro atoms. The lowest BCUT2D eigenvalue weighted by atomic mass is 9.95. The molecule has 1 aromatic carbocycles. The highest BCUT2D eigenvalue weighted by Crippen LogP contribution is 2.23. The van der Waals surface area contributed by atoms with Gasteiger partial charge in [0.25, 0.3) is 0 Å².